The first-order valence-corrected chi connectivity index (χ1v) is 9.29. The van der Waals surface area contributed by atoms with Crippen molar-refractivity contribution in [2.45, 2.75) is 78.2 Å². The van der Waals surface area contributed by atoms with Crippen molar-refractivity contribution in [2.24, 2.45) is 34.5 Å². The molecule has 3 fully saturated rings. The summed E-state index contributed by atoms with van der Waals surface area (Å²) < 4.78 is 0. The smallest absolute Gasteiger partial charge is 0.0596 e. The van der Waals surface area contributed by atoms with Crippen molar-refractivity contribution < 1.29 is 5.11 Å². The second-order valence-corrected chi connectivity index (χ2v) is 9.25. The van der Waals surface area contributed by atoms with E-state index in [0.717, 1.165) is 30.1 Å². The van der Waals surface area contributed by atoms with Crippen LogP contribution in [-0.4, -0.2) is 11.2 Å². The molecule has 0 aliphatic heterocycles. The average molecular weight is 288 g/mol. The minimum absolute atomic E-state index is 0.0255. The lowest BCUT2D eigenvalue weighted by atomic mass is 9.45. The molecule has 0 aromatic rings. The van der Waals surface area contributed by atoms with Gasteiger partial charge in [0.05, 0.1) is 6.10 Å². The molecule has 1 N–H and O–H groups in total. The second kappa shape index (κ2) is 4.60. The van der Waals surface area contributed by atoms with Gasteiger partial charge in [0.25, 0.3) is 0 Å². The molecule has 0 unspecified atom stereocenters. The topological polar surface area (TPSA) is 20.2 Å². The van der Waals surface area contributed by atoms with Crippen LogP contribution in [0.5, 0.6) is 0 Å². The Labute approximate surface area is 130 Å². The first kappa shape index (κ1) is 14.3. The lowest BCUT2D eigenvalue weighted by molar-refractivity contribution is -0.109. The summed E-state index contributed by atoms with van der Waals surface area (Å²) in [5, 5.41) is 10.5. The number of hydrogen-bond acceptors (Lipinski definition) is 1. The highest BCUT2D eigenvalue weighted by molar-refractivity contribution is 5.15. The van der Waals surface area contributed by atoms with Crippen LogP contribution in [0.2, 0.25) is 0 Å². The van der Waals surface area contributed by atoms with Gasteiger partial charge < -0.3 is 5.11 Å². The van der Waals surface area contributed by atoms with Crippen molar-refractivity contribution in [1.82, 2.24) is 0 Å². The highest BCUT2D eigenvalue weighted by atomic mass is 16.3. The zero-order valence-electron chi connectivity index (χ0n) is 14.1. The third-order valence-corrected chi connectivity index (χ3v) is 8.47. The van der Waals surface area contributed by atoms with E-state index in [9.17, 15) is 5.11 Å². The van der Waals surface area contributed by atoms with Crippen LogP contribution in [0.25, 0.3) is 0 Å². The summed E-state index contributed by atoms with van der Waals surface area (Å²) in [4.78, 5) is 0. The Bertz CT molecular complexity index is 466. The average Bonchev–Trinajstić information content (AvgIpc) is 2.76. The number of hydrogen-bond donors (Lipinski definition) is 1. The zero-order valence-corrected chi connectivity index (χ0v) is 14.1. The van der Waals surface area contributed by atoms with E-state index < -0.39 is 0 Å². The van der Waals surface area contributed by atoms with E-state index in [4.69, 9.17) is 0 Å². The fourth-order valence-electron chi connectivity index (χ4n) is 7.03. The van der Waals surface area contributed by atoms with Crippen LogP contribution in [0, 0.1) is 34.5 Å². The van der Waals surface area contributed by atoms with Crippen LogP contribution in [0.3, 0.4) is 0 Å². The molecule has 0 saturated heterocycles. The van der Waals surface area contributed by atoms with Gasteiger partial charge in [0.2, 0.25) is 0 Å². The standard InChI is InChI=1S/C20H32O/c1-13-8-10-19(2)14(12-13)4-5-15-16-6-7-18(21)20(16,3)11-9-17(15)19/h8,14-18,21H,4-7,9-12H2,1-3H3/t14-,15-,16-,17-,18-,19-,20-/m0/s1. The first-order chi connectivity index (χ1) is 9.95. The molecule has 0 spiro atoms. The van der Waals surface area contributed by atoms with Crippen molar-refractivity contribution in [3.05, 3.63) is 11.6 Å². The maximum Gasteiger partial charge on any atom is 0.0596 e. The number of aliphatic hydroxyl groups is 1. The minimum atomic E-state index is -0.0255. The molecule has 1 nitrogen and oxygen atoms in total. The van der Waals surface area contributed by atoms with Gasteiger partial charge in [-0.15, -0.1) is 0 Å². The second-order valence-electron chi connectivity index (χ2n) is 9.25. The minimum Gasteiger partial charge on any atom is -0.393 e. The van der Waals surface area contributed by atoms with Gasteiger partial charge in [-0.2, -0.15) is 0 Å². The highest BCUT2D eigenvalue weighted by Gasteiger charge is 2.59. The van der Waals surface area contributed by atoms with Crippen LogP contribution < -0.4 is 0 Å². The van der Waals surface area contributed by atoms with Crippen LogP contribution >= 0.6 is 0 Å². The quantitative estimate of drug-likeness (QED) is 0.626. The fraction of sp³-hybridized carbons (Fsp3) is 0.900. The van der Waals surface area contributed by atoms with E-state index in [1.54, 1.807) is 5.57 Å². The lowest BCUT2D eigenvalue weighted by Crippen LogP contribution is -2.53. The van der Waals surface area contributed by atoms with Crippen LogP contribution in [-0.2, 0) is 0 Å². The summed E-state index contributed by atoms with van der Waals surface area (Å²) in [7, 11) is 0. The van der Waals surface area contributed by atoms with Crippen molar-refractivity contribution in [3.63, 3.8) is 0 Å². The Kier molecular flexibility index (Phi) is 3.13. The number of rotatable bonds is 0. The SMILES string of the molecule is CC1=CC[C@@]2(C)[C@@H](CC[C@@H]3[C@@H]2CC[C@]2(C)[C@@H](O)CC[C@@H]32)C1. The summed E-state index contributed by atoms with van der Waals surface area (Å²) in [5.41, 5.74) is 2.43. The van der Waals surface area contributed by atoms with E-state index in [2.05, 4.69) is 26.8 Å². The van der Waals surface area contributed by atoms with Gasteiger partial charge in [-0.25, -0.2) is 0 Å². The molecule has 4 aliphatic rings. The summed E-state index contributed by atoms with van der Waals surface area (Å²) in [6.07, 6.45) is 13.0. The monoisotopic (exact) mass is 288 g/mol. The molecule has 4 rings (SSSR count). The predicted octanol–water partition coefficient (Wildman–Crippen LogP) is 4.95. The van der Waals surface area contributed by atoms with Gasteiger partial charge >= 0.3 is 0 Å². The number of allylic oxidation sites excluding steroid dienone is 2. The van der Waals surface area contributed by atoms with Crippen LogP contribution in [0.15, 0.2) is 11.6 Å². The van der Waals surface area contributed by atoms with Crippen molar-refractivity contribution >= 4 is 0 Å². The van der Waals surface area contributed by atoms with E-state index >= 15 is 0 Å². The molecule has 21 heavy (non-hydrogen) atoms. The first-order valence-electron chi connectivity index (χ1n) is 9.29. The van der Waals surface area contributed by atoms with Crippen molar-refractivity contribution in [2.75, 3.05) is 0 Å². The summed E-state index contributed by atoms with van der Waals surface area (Å²) >= 11 is 0. The third kappa shape index (κ3) is 1.85. The Morgan fingerprint density at radius 3 is 2.57 bits per heavy atom. The molecule has 0 aromatic carbocycles. The van der Waals surface area contributed by atoms with E-state index in [-0.39, 0.29) is 11.5 Å². The number of aliphatic hydroxyl groups excluding tert-OH is 1. The predicted molar refractivity (Wildman–Crippen MR) is 86.9 cm³/mol. The number of fused-ring (bicyclic) bond motifs is 5. The summed E-state index contributed by atoms with van der Waals surface area (Å²) in [5.74, 6) is 3.55. The molecule has 0 amide bonds. The third-order valence-electron chi connectivity index (χ3n) is 8.47. The Balaban J connectivity index is 1.65. The molecule has 0 radical (unpaired) electrons. The highest BCUT2D eigenvalue weighted by Crippen LogP contribution is 2.65. The van der Waals surface area contributed by atoms with Crippen LogP contribution in [0.4, 0.5) is 0 Å². The maximum atomic E-state index is 10.5. The summed E-state index contributed by atoms with van der Waals surface area (Å²) in [6, 6.07) is 0. The van der Waals surface area contributed by atoms with Crippen molar-refractivity contribution in [3.8, 4) is 0 Å². The molecule has 7 atom stereocenters. The Hall–Kier alpha value is -0.300. The molecule has 0 heterocycles. The maximum absolute atomic E-state index is 10.5. The van der Waals surface area contributed by atoms with Gasteiger partial charge in [0.15, 0.2) is 0 Å². The Morgan fingerprint density at radius 2 is 1.76 bits per heavy atom. The largest absolute Gasteiger partial charge is 0.393 e. The normalized spacial score (nSPS) is 56.2. The van der Waals surface area contributed by atoms with Gasteiger partial charge in [-0.3, -0.25) is 0 Å². The van der Waals surface area contributed by atoms with Gasteiger partial charge in [-0.05, 0) is 92.8 Å². The van der Waals surface area contributed by atoms with Gasteiger partial charge in [-0.1, -0.05) is 25.5 Å². The molecule has 0 aromatic heterocycles. The van der Waals surface area contributed by atoms with Gasteiger partial charge in [0.1, 0.15) is 0 Å². The molecule has 4 aliphatic carbocycles. The molecule has 3 saturated carbocycles. The zero-order chi connectivity index (χ0) is 14.8. The van der Waals surface area contributed by atoms with Crippen LogP contribution in [0.1, 0.15) is 72.1 Å². The Morgan fingerprint density at radius 1 is 1.00 bits per heavy atom. The molecule has 1 heteroatoms. The molecule has 0 bridgehead atoms. The van der Waals surface area contributed by atoms with Gasteiger partial charge in [0, 0.05) is 0 Å². The van der Waals surface area contributed by atoms with E-state index in [1.165, 1.54) is 44.9 Å². The molecular formula is C20H32O. The van der Waals surface area contributed by atoms with E-state index in [1.807, 2.05) is 0 Å². The summed E-state index contributed by atoms with van der Waals surface area (Å²) in [6.45, 7) is 7.33. The molecule has 118 valence electrons. The molecular weight excluding hydrogens is 256 g/mol. The fourth-order valence-corrected chi connectivity index (χ4v) is 7.03. The lowest BCUT2D eigenvalue weighted by Gasteiger charge is -2.59. The van der Waals surface area contributed by atoms with E-state index in [0.29, 0.717) is 5.41 Å². The van der Waals surface area contributed by atoms with Crippen molar-refractivity contribution in [1.29, 1.82) is 0 Å².